The van der Waals surface area contributed by atoms with E-state index in [1.54, 1.807) is 32.9 Å². The molecule has 2 aromatic rings. The van der Waals surface area contributed by atoms with Crippen LogP contribution in [0.2, 0.25) is 0 Å². The Balaban J connectivity index is 2.05. The van der Waals surface area contributed by atoms with E-state index in [9.17, 15) is 13.2 Å². The number of rotatable bonds is 8. The van der Waals surface area contributed by atoms with E-state index < -0.39 is 10.0 Å². The summed E-state index contributed by atoms with van der Waals surface area (Å²) in [6.45, 7) is 6.94. The fraction of sp³-hybridized carbons (Fsp3) is 0.350. The van der Waals surface area contributed by atoms with Crippen LogP contribution in [-0.2, 0) is 14.8 Å². The van der Waals surface area contributed by atoms with Crippen LogP contribution in [0.3, 0.4) is 0 Å². The van der Waals surface area contributed by atoms with Crippen molar-refractivity contribution in [1.29, 1.82) is 0 Å². The molecule has 28 heavy (non-hydrogen) atoms. The first-order chi connectivity index (χ1) is 13.1. The van der Waals surface area contributed by atoms with Gasteiger partial charge in [-0.1, -0.05) is 6.07 Å². The predicted molar refractivity (Wildman–Crippen MR) is 108 cm³/mol. The molecule has 0 aliphatic carbocycles. The minimum Gasteiger partial charge on any atom is -0.495 e. The van der Waals surface area contributed by atoms with Gasteiger partial charge in [0.1, 0.15) is 11.5 Å². The number of hydrogen-bond acceptors (Lipinski definition) is 5. The number of hydrogen-bond donors (Lipinski definition) is 2. The number of amides is 1. The smallest absolute Gasteiger partial charge is 0.262 e. The van der Waals surface area contributed by atoms with Crippen LogP contribution in [0.1, 0.15) is 25.0 Å². The number of aryl methyl sites for hydroxylation is 2. The molecule has 152 valence electrons. The second kappa shape index (κ2) is 9.07. The summed E-state index contributed by atoms with van der Waals surface area (Å²) in [5.74, 6) is 0.652. The summed E-state index contributed by atoms with van der Waals surface area (Å²) in [5.41, 5.74) is 2.17. The van der Waals surface area contributed by atoms with E-state index in [0.717, 1.165) is 5.56 Å². The molecule has 7 nitrogen and oxygen atoms in total. The maximum Gasteiger partial charge on any atom is 0.262 e. The fourth-order valence-corrected chi connectivity index (χ4v) is 3.91. The third kappa shape index (κ3) is 5.71. The van der Waals surface area contributed by atoms with Gasteiger partial charge in [-0.25, -0.2) is 13.1 Å². The summed E-state index contributed by atoms with van der Waals surface area (Å²) in [6, 6.07) is 9.78. The highest BCUT2D eigenvalue weighted by Crippen LogP contribution is 2.25. The van der Waals surface area contributed by atoms with Crippen molar-refractivity contribution in [2.45, 2.75) is 38.6 Å². The lowest BCUT2D eigenvalue weighted by atomic mass is 10.2. The lowest BCUT2D eigenvalue weighted by Crippen LogP contribution is -2.30. The van der Waals surface area contributed by atoms with Crippen LogP contribution in [0, 0.1) is 13.8 Å². The molecule has 2 aromatic carbocycles. The first kappa shape index (κ1) is 21.7. The molecule has 0 heterocycles. The van der Waals surface area contributed by atoms with E-state index in [-0.39, 0.29) is 23.5 Å². The lowest BCUT2D eigenvalue weighted by Gasteiger charge is -2.14. The first-order valence-electron chi connectivity index (χ1n) is 8.82. The van der Waals surface area contributed by atoms with Crippen molar-refractivity contribution in [2.24, 2.45) is 0 Å². The zero-order valence-electron chi connectivity index (χ0n) is 16.7. The van der Waals surface area contributed by atoms with E-state index >= 15 is 0 Å². The Kier molecular flexibility index (Phi) is 7.04. The minimum absolute atomic E-state index is 0.153. The molecule has 0 radical (unpaired) electrons. The van der Waals surface area contributed by atoms with Gasteiger partial charge in [0.15, 0.2) is 6.61 Å². The number of ether oxygens (including phenoxy) is 2. The highest BCUT2D eigenvalue weighted by molar-refractivity contribution is 7.89. The van der Waals surface area contributed by atoms with Crippen molar-refractivity contribution in [3.05, 3.63) is 47.5 Å². The number of anilines is 1. The van der Waals surface area contributed by atoms with Crippen LogP contribution in [-0.4, -0.2) is 34.1 Å². The summed E-state index contributed by atoms with van der Waals surface area (Å²) in [5, 5.41) is 2.75. The number of methoxy groups -OCH3 is 1. The Morgan fingerprint density at radius 3 is 2.36 bits per heavy atom. The van der Waals surface area contributed by atoms with Crippen molar-refractivity contribution in [1.82, 2.24) is 4.72 Å². The summed E-state index contributed by atoms with van der Waals surface area (Å²) < 4.78 is 37.8. The molecular formula is C20H26N2O5S. The van der Waals surface area contributed by atoms with Gasteiger partial charge >= 0.3 is 0 Å². The van der Waals surface area contributed by atoms with Crippen molar-refractivity contribution in [3.63, 3.8) is 0 Å². The van der Waals surface area contributed by atoms with Gasteiger partial charge in [0.05, 0.1) is 17.7 Å². The molecule has 0 aliphatic heterocycles. The van der Waals surface area contributed by atoms with Crippen LogP contribution in [0.5, 0.6) is 11.5 Å². The predicted octanol–water partition coefficient (Wildman–Crippen LogP) is 3.02. The van der Waals surface area contributed by atoms with Crippen LogP contribution < -0.4 is 19.5 Å². The molecule has 2 rings (SSSR count). The zero-order valence-corrected chi connectivity index (χ0v) is 17.5. The Morgan fingerprint density at radius 2 is 1.75 bits per heavy atom. The van der Waals surface area contributed by atoms with E-state index in [1.165, 1.54) is 19.2 Å². The van der Waals surface area contributed by atoms with Crippen LogP contribution in [0.25, 0.3) is 0 Å². The SMILES string of the molecule is COc1ccc(C)cc1NC(=O)COc1ccc(S(=O)(=O)NC(C)C)cc1C. The Labute approximate surface area is 166 Å². The lowest BCUT2D eigenvalue weighted by molar-refractivity contribution is -0.118. The molecule has 0 aromatic heterocycles. The number of nitrogens with one attached hydrogen (secondary N) is 2. The molecule has 0 unspecified atom stereocenters. The third-order valence-electron chi connectivity index (χ3n) is 3.84. The van der Waals surface area contributed by atoms with Crippen molar-refractivity contribution in [3.8, 4) is 11.5 Å². The molecule has 0 fully saturated rings. The molecule has 0 spiro atoms. The molecule has 0 saturated heterocycles. The molecular weight excluding hydrogens is 380 g/mol. The summed E-state index contributed by atoms with van der Waals surface area (Å²) in [7, 11) is -2.05. The van der Waals surface area contributed by atoms with Crippen LogP contribution in [0.4, 0.5) is 5.69 Å². The fourth-order valence-electron chi connectivity index (χ4n) is 2.58. The average molecular weight is 407 g/mol. The number of carbonyl (C=O) groups is 1. The highest BCUT2D eigenvalue weighted by atomic mass is 32.2. The molecule has 0 saturated carbocycles. The van der Waals surface area contributed by atoms with E-state index in [4.69, 9.17) is 9.47 Å². The summed E-state index contributed by atoms with van der Waals surface area (Å²) in [4.78, 5) is 12.4. The summed E-state index contributed by atoms with van der Waals surface area (Å²) >= 11 is 0. The van der Waals surface area contributed by atoms with E-state index in [0.29, 0.717) is 22.7 Å². The van der Waals surface area contributed by atoms with E-state index in [2.05, 4.69) is 10.0 Å². The Morgan fingerprint density at radius 1 is 1.07 bits per heavy atom. The van der Waals surface area contributed by atoms with Gasteiger partial charge in [-0.2, -0.15) is 0 Å². The third-order valence-corrected chi connectivity index (χ3v) is 5.49. The molecule has 0 aliphatic rings. The van der Waals surface area contributed by atoms with Gasteiger partial charge in [-0.15, -0.1) is 0 Å². The second-order valence-electron chi connectivity index (χ2n) is 6.74. The number of carbonyl (C=O) groups excluding carboxylic acids is 1. The van der Waals surface area contributed by atoms with Gasteiger partial charge in [0.25, 0.3) is 5.91 Å². The average Bonchev–Trinajstić information content (AvgIpc) is 2.59. The largest absolute Gasteiger partial charge is 0.495 e. The molecule has 0 atom stereocenters. The molecule has 0 bridgehead atoms. The highest BCUT2D eigenvalue weighted by Gasteiger charge is 2.17. The van der Waals surface area contributed by atoms with Crippen molar-refractivity contribution >= 4 is 21.6 Å². The van der Waals surface area contributed by atoms with Gasteiger partial charge in [0.2, 0.25) is 10.0 Å². The topological polar surface area (TPSA) is 93.7 Å². The quantitative estimate of drug-likeness (QED) is 0.703. The van der Waals surface area contributed by atoms with Crippen molar-refractivity contribution in [2.75, 3.05) is 19.0 Å². The molecule has 1 amide bonds. The van der Waals surface area contributed by atoms with Gasteiger partial charge in [0, 0.05) is 6.04 Å². The van der Waals surface area contributed by atoms with Crippen LogP contribution in [0.15, 0.2) is 41.3 Å². The minimum atomic E-state index is -3.58. The summed E-state index contributed by atoms with van der Waals surface area (Å²) in [6.07, 6.45) is 0. The van der Waals surface area contributed by atoms with Crippen molar-refractivity contribution < 1.29 is 22.7 Å². The number of sulfonamides is 1. The maximum atomic E-state index is 12.2. The number of benzene rings is 2. The van der Waals surface area contributed by atoms with Gasteiger partial charge < -0.3 is 14.8 Å². The molecule has 8 heteroatoms. The standard InChI is InChI=1S/C20H26N2O5S/c1-13(2)22-28(24,25)16-7-9-18(15(4)11-16)27-12-20(23)21-17-10-14(3)6-8-19(17)26-5/h6-11,13,22H,12H2,1-5H3,(H,21,23). The monoisotopic (exact) mass is 406 g/mol. The maximum absolute atomic E-state index is 12.2. The zero-order chi connectivity index (χ0) is 20.9. The molecule has 2 N–H and O–H groups in total. The van der Waals surface area contributed by atoms with Gasteiger partial charge in [-0.3, -0.25) is 4.79 Å². The Hall–Kier alpha value is -2.58. The second-order valence-corrected chi connectivity index (χ2v) is 8.46. The first-order valence-corrected chi connectivity index (χ1v) is 10.3. The normalized spacial score (nSPS) is 11.4. The Bertz CT molecular complexity index is 955. The van der Waals surface area contributed by atoms with E-state index in [1.807, 2.05) is 19.1 Å². The van der Waals surface area contributed by atoms with Crippen LogP contribution >= 0.6 is 0 Å². The van der Waals surface area contributed by atoms with Gasteiger partial charge in [-0.05, 0) is 69.2 Å².